The number of rotatable bonds is 6. The van der Waals surface area contributed by atoms with E-state index < -0.39 is 11.5 Å². The fraction of sp³-hybridized carbons (Fsp3) is 0.480. The molecule has 7 heteroatoms. The second-order valence-electron chi connectivity index (χ2n) is 8.45. The molecule has 7 nitrogen and oxygen atoms in total. The van der Waals surface area contributed by atoms with Crippen LogP contribution in [0.4, 0.5) is 5.82 Å². The third kappa shape index (κ3) is 5.00. The molecule has 2 aliphatic rings. The van der Waals surface area contributed by atoms with Crippen LogP contribution in [0.25, 0.3) is 16.3 Å². The standard InChI is InChI=1S/C23H28N4O3.C2H6/c1-4-5-20(28)19-6-14(2)17(11-25-19)18-7-15-10-26-21(8-16(15)9-24-18)27-22(29)23(3)12-30-13-23;1-2/h6-11,19-20,25,28H,4-5,12-13H2,1-3H3,(H,26,27,29);1-2H3. The molecule has 2 unspecified atom stereocenters. The largest absolute Gasteiger partial charge is 0.391 e. The van der Waals surface area contributed by atoms with Crippen molar-refractivity contribution in [3.63, 3.8) is 0 Å². The van der Waals surface area contributed by atoms with Crippen molar-refractivity contribution in [2.45, 2.75) is 59.6 Å². The molecule has 0 aliphatic carbocycles. The molecule has 4 rings (SSSR count). The van der Waals surface area contributed by atoms with E-state index in [2.05, 4.69) is 33.6 Å². The average molecular weight is 439 g/mol. The van der Waals surface area contributed by atoms with E-state index in [-0.39, 0.29) is 11.9 Å². The van der Waals surface area contributed by atoms with E-state index in [1.807, 2.05) is 46.0 Å². The lowest BCUT2D eigenvalue weighted by Gasteiger charge is -2.36. The van der Waals surface area contributed by atoms with Crippen LogP contribution in [0.3, 0.4) is 0 Å². The fourth-order valence-corrected chi connectivity index (χ4v) is 3.73. The summed E-state index contributed by atoms with van der Waals surface area (Å²) in [4.78, 5) is 21.4. The van der Waals surface area contributed by atoms with Gasteiger partial charge in [0, 0.05) is 34.9 Å². The zero-order valence-corrected chi connectivity index (χ0v) is 19.6. The van der Waals surface area contributed by atoms with Gasteiger partial charge in [0.2, 0.25) is 5.91 Å². The van der Waals surface area contributed by atoms with Crippen molar-refractivity contribution < 1.29 is 14.6 Å². The van der Waals surface area contributed by atoms with Crippen molar-refractivity contribution in [3.05, 3.63) is 48.1 Å². The molecular formula is C25H34N4O3. The smallest absolute Gasteiger partial charge is 0.236 e. The van der Waals surface area contributed by atoms with Gasteiger partial charge in [-0.2, -0.15) is 0 Å². The Labute approximate surface area is 190 Å². The summed E-state index contributed by atoms with van der Waals surface area (Å²) in [6, 6.07) is 3.74. The first-order valence-corrected chi connectivity index (χ1v) is 11.4. The van der Waals surface area contributed by atoms with Gasteiger partial charge in [-0.3, -0.25) is 9.78 Å². The summed E-state index contributed by atoms with van der Waals surface area (Å²) in [7, 11) is 0. The molecule has 0 radical (unpaired) electrons. The summed E-state index contributed by atoms with van der Waals surface area (Å²) in [5.41, 5.74) is 2.43. The minimum atomic E-state index is -0.481. The van der Waals surface area contributed by atoms with Crippen molar-refractivity contribution in [2.24, 2.45) is 5.41 Å². The number of nitrogens with one attached hydrogen (secondary N) is 2. The van der Waals surface area contributed by atoms with Crippen molar-refractivity contribution in [3.8, 4) is 0 Å². The van der Waals surface area contributed by atoms with Crippen LogP contribution >= 0.6 is 0 Å². The second-order valence-corrected chi connectivity index (χ2v) is 8.45. The predicted molar refractivity (Wildman–Crippen MR) is 128 cm³/mol. The predicted octanol–water partition coefficient (Wildman–Crippen LogP) is 4.05. The Balaban J connectivity index is 0.00000141. The first kappa shape index (κ1) is 23.9. The molecule has 0 bridgehead atoms. The molecular weight excluding hydrogens is 404 g/mol. The molecule has 2 aromatic heterocycles. The average Bonchev–Trinajstić information content (AvgIpc) is 2.78. The first-order valence-electron chi connectivity index (χ1n) is 11.4. The van der Waals surface area contributed by atoms with Crippen LogP contribution in [0.2, 0.25) is 0 Å². The van der Waals surface area contributed by atoms with Crippen LogP contribution in [0.1, 0.15) is 53.2 Å². The van der Waals surface area contributed by atoms with Crippen LogP contribution in [0.5, 0.6) is 0 Å². The van der Waals surface area contributed by atoms with E-state index in [1.165, 1.54) is 0 Å². The Morgan fingerprint density at radius 1 is 1.28 bits per heavy atom. The lowest BCUT2D eigenvalue weighted by Crippen LogP contribution is -2.49. The highest BCUT2D eigenvalue weighted by atomic mass is 16.5. The normalized spacial score (nSPS) is 20.0. The van der Waals surface area contributed by atoms with E-state index in [9.17, 15) is 9.90 Å². The number of ether oxygens (including phenoxy) is 1. The SMILES string of the molecule is CC.CCCC(O)C1C=C(C)C(c2cc3cnc(NC(=O)C4(C)COC4)cc3cn2)=CN1. The third-order valence-corrected chi connectivity index (χ3v) is 5.78. The Bertz CT molecular complexity index is 1030. The molecule has 2 aliphatic heterocycles. The molecule has 2 atom stereocenters. The van der Waals surface area contributed by atoms with Crippen molar-refractivity contribution in [2.75, 3.05) is 18.5 Å². The molecule has 172 valence electrons. The highest BCUT2D eigenvalue weighted by Crippen LogP contribution is 2.30. The maximum Gasteiger partial charge on any atom is 0.236 e. The number of pyridine rings is 2. The number of nitrogens with zero attached hydrogens (tertiary/aromatic N) is 2. The number of dihydropyridines is 1. The molecule has 1 saturated heterocycles. The number of hydrogen-bond acceptors (Lipinski definition) is 6. The maximum absolute atomic E-state index is 12.4. The van der Waals surface area contributed by atoms with Gasteiger partial charge in [0.15, 0.2) is 0 Å². The van der Waals surface area contributed by atoms with E-state index in [1.54, 1.807) is 12.4 Å². The van der Waals surface area contributed by atoms with E-state index >= 15 is 0 Å². The lowest BCUT2D eigenvalue weighted by atomic mass is 9.87. The summed E-state index contributed by atoms with van der Waals surface area (Å²) in [6.45, 7) is 10.9. The molecule has 0 spiro atoms. The van der Waals surface area contributed by atoms with Crippen LogP contribution in [-0.4, -0.2) is 46.3 Å². The summed E-state index contributed by atoms with van der Waals surface area (Å²) in [5.74, 6) is 0.432. The van der Waals surface area contributed by atoms with Gasteiger partial charge >= 0.3 is 0 Å². The van der Waals surface area contributed by atoms with Gasteiger partial charge in [0.25, 0.3) is 0 Å². The summed E-state index contributed by atoms with van der Waals surface area (Å²) >= 11 is 0. The molecule has 1 fully saturated rings. The quantitative estimate of drug-likeness (QED) is 0.630. The van der Waals surface area contributed by atoms with E-state index in [0.29, 0.717) is 19.0 Å². The fourth-order valence-electron chi connectivity index (χ4n) is 3.73. The van der Waals surface area contributed by atoms with Gasteiger partial charge in [-0.15, -0.1) is 0 Å². The van der Waals surface area contributed by atoms with Crippen LogP contribution < -0.4 is 10.6 Å². The molecule has 32 heavy (non-hydrogen) atoms. The third-order valence-electron chi connectivity index (χ3n) is 5.78. The first-order chi connectivity index (χ1) is 15.4. The van der Waals surface area contributed by atoms with Gasteiger partial charge in [-0.1, -0.05) is 33.3 Å². The molecule has 2 aromatic rings. The van der Waals surface area contributed by atoms with Crippen molar-refractivity contribution in [1.82, 2.24) is 15.3 Å². The second kappa shape index (κ2) is 10.2. The topological polar surface area (TPSA) is 96.4 Å². The maximum atomic E-state index is 12.4. The van der Waals surface area contributed by atoms with Crippen LogP contribution in [-0.2, 0) is 9.53 Å². The zero-order valence-electron chi connectivity index (χ0n) is 19.6. The minimum Gasteiger partial charge on any atom is -0.391 e. The van der Waals surface area contributed by atoms with Crippen LogP contribution in [0.15, 0.2) is 42.4 Å². The number of aliphatic hydroxyl groups is 1. The number of amides is 1. The highest BCUT2D eigenvalue weighted by Gasteiger charge is 2.41. The number of carbonyl (C=O) groups excluding carboxylic acids is 1. The number of carbonyl (C=O) groups is 1. The van der Waals surface area contributed by atoms with Gasteiger partial charge in [0.05, 0.1) is 36.5 Å². The Kier molecular flexibility index (Phi) is 7.64. The zero-order chi connectivity index (χ0) is 23.3. The summed E-state index contributed by atoms with van der Waals surface area (Å²) in [5, 5.41) is 18.3. The van der Waals surface area contributed by atoms with Crippen molar-refractivity contribution >= 4 is 28.1 Å². The van der Waals surface area contributed by atoms with E-state index in [4.69, 9.17) is 4.74 Å². The number of allylic oxidation sites excluding steroid dienone is 2. The van der Waals surface area contributed by atoms with Gasteiger partial charge < -0.3 is 20.5 Å². The summed E-state index contributed by atoms with van der Waals surface area (Å²) in [6.07, 6.45) is 8.83. The molecule has 1 amide bonds. The number of aliphatic hydroxyl groups excluding tert-OH is 1. The Morgan fingerprint density at radius 2 is 1.97 bits per heavy atom. The summed E-state index contributed by atoms with van der Waals surface area (Å²) < 4.78 is 5.16. The number of anilines is 1. The van der Waals surface area contributed by atoms with Crippen molar-refractivity contribution in [1.29, 1.82) is 0 Å². The molecule has 0 saturated carbocycles. The number of hydrogen-bond donors (Lipinski definition) is 3. The van der Waals surface area contributed by atoms with Crippen LogP contribution in [0, 0.1) is 5.41 Å². The van der Waals surface area contributed by atoms with Gasteiger partial charge in [-0.05, 0) is 38.0 Å². The number of aromatic nitrogens is 2. The lowest BCUT2D eigenvalue weighted by molar-refractivity contribution is -0.151. The Morgan fingerprint density at radius 3 is 2.59 bits per heavy atom. The Hall–Kier alpha value is -2.77. The molecule has 0 aromatic carbocycles. The molecule has 3 N–H and O–H groups in total. The van der Waals surface area contributed by atoms with E-state index in [0.717, 1.165) is 40.5 Å². The van der Waals surface area contributed by atoms with Gasteiger partial charge in [0.1, 0.15) is 5.82 Å². The highest BCUT2D eigenvalue weighted by molar-refractivity contribution is 5.97. The molecule has 4 heterocycles. The minimum absolute atomic E-state index is 0.0788. The number of fused-ring (bicyclic) bond motifs is 1. The monoisotopic (exact) mass is 438 g/mol. The van der Waals surface area contributed by atoms with Gasteiger partial charge in [-0.25, -0.2) is 4.98 Å².